The summed E-state index contributed by atoms with van der Waals surface area (Å²) in [6.07, 6.45) is 0. The largest absolute Gasteiger partial charge is 0.360 e. The first-order chi connectivity index (χ1) is 12.0. The van der Waals surface area contributed by atoms with Crippen LogP contribution in [0, 0.1) is 20.8 Å². The lowest BCUT2D eigenvalue weighted by atomic mass is 10.2. The van der Waals surface area contributed by atoms with E-state index in [0.717, 1.165) is 46.9 Å². The van der Waals surface area contributed by atoms with Crippen molar-refractivity contribution in [3.8, 4) is 17.1 Å². The van der Waals surface area contributed by atoms with Crippen LogP contribution in [0.1, 0.15) is 17.1 Å². The molecule has 0 radical (unpaired) electrons. The minimum Gasteiger partial charge on any atom is -0.360 e. The van der Waals surface area contributed by atoms with Gasteiger partial charge in [-0.25, -0.2) is 4.98 Å². The molecule has 0 atom stereocenters. The monoisotopic (exact) mass is 358 g/mol. The molecule has 1 aliphatic heterocycles. The molecule has 0 unspecified atom stereocenters. The number of aryl methyl sites for hydroxylation is 2. The molecule has 1 N–H and O–H groups in total. The summed E-state index contributed by atoms with van der Waals surface area (Å²) in [7, 11) is 2.26. The van der Waals surface area contributed by atoms with E-state index in [9.17, 15) is 0 Å². The average molecular weight is 358 g/mol. The number of nitrogens with one attached hydrogen (secondary N) is 1. The summed E-state index contributed by atoms with van der Waals surface area (Å²) in [5.41, 5.74) is 4.50. The highest BCUT2D eigenvalue weighted by atomic mass is 32.1. The van der Waals surface area contributed by atoms with Crippen LogP contribution in [0.3, 0.4) is 0 Å². The van der Waals surface area contributed by atoms with Crippen LogP contribution in [0.5, 0.6) is 0 Å². The van der Waals surface area contributed by atoms with Gasteiger partial charge in [-0.2, -0.15) is 0 Å². The maximum absolute atomic E-state index is 5.24. The summed E-state index contributed by atoms with van der Waals surface area (Å²) in [5, 5.41) is 7.46. The second-order valence-electron chi connectivity index (χ2n) is 6.88. The lowest BCUT2D eigenvalue weighted by molar-refractivity contribution is -0.880. The van der Waals surface area contributed by atoms with E-state index < -0.39 is 0 Å². The smallest absolute Gasteiger partial charge is 0.186 e. The van der Waals surface area contributed by atoms with Crippen molar-refractivity contribution in [2.75, 3.05) is 38.1 Å². The number of hydrogen-bond acceptors (Lipinski definition) is 5. The highest BCUT2D eigenvalue weighted by molar-refractivity contribution is 7.14. The molecule has 4 rings (SSSR count). The van der Waals surface area contributed by atoms with E-state index >= 15 is 0 Å². The lowest BCUT2D eigenvalue weighted by Crippen LogP contribution is -3.12. The van der Waals surface area contributed by atoms with Crippen molar-refractivity contribution >= 4 is 16.5 Å². The first kappa shape index (κ1) is 16.4. The number of thiazole rings is 1. The van der Waals surface area contributed by atoms with E-state index in [1.165, 1.54) is 18.7 Å². The van der Waals surface area contributed by atoms with Crippen LogP contribution in [0.4, 0.5) is 5.13 Å². The molecule has 3 aromatic rings. The predicted octanol–water partition coefficient (Wildman–Crippen LogP) is 1.85. The Balaban J connectivity index is 1.65. The van der Waals surface area contributed by atoms with Gasteiger partial charge in [0.05, 0.1) is 38.9 Å². The standard InChI is InChI=1S/C18H23N5OS/c1-12-9-15(14(3)23(12)17-10-13(2)24-20-17)16-11-25-18(19-16)22-7-5-21(4)6-8-22/h9-11H,5-8H2,1-4H3/p+1. The van der Waals surface area contributed by atoms with Gasteiger partial charge in [0, 0.05) is 28.4 Å². The van der Waals surface area contributed by atoms with Gasteiger partial charge in [0.1, 0.15) is 5.76 Å². The van der Waals surface area contributed by atoms with Crippen LogP contribution in [0.2, 0.25) is 0 Å². The highest BCUT2D eigenvalue weighted by Gasteiger charge is 2.21. The van der Waals surface area contributed by atoms with E-state index in [1.807, 2.05) is 13.0 Å². The zero-order chi connectivity index (χ0) is 17.6. The number of piperazine rings is 1. The zero-order valence-electron chi connectivity index (χ0n) is 15.2. The Bertz CT molecular complexity index is 885. The van der Waals surface area contributed by atoms with E-state index in [1.54, 1.807) is 16.2 Å². The van der Waals surface area contributed by atoms with Crippen molar-refractivity contribution in [2.24, 2.45) is 0 Å². The summed E-state index contributed by atoms with van der Waals surface area (Å²) in [6.45, 7) is 10.6. The fourth-order valence-corrected chi connectivity index (χ4v) is 4.33. The van der Waals surface area contributed by atoms with Gasteiger partial charge in [-0.3, -0.25) is 4.57 Å². The Morgan fingerprint density at radius 1 is 1.16 bits per heavy atom. The maximum atomic E-state index is 5.24. The Morgan fingerprint density at radius 2 is 1.92 bits per heavy atom. The fraction of sp³-hybridized carbons (Fsp3) is 0.444. The highest BCUT2D eigenvalue weighted by Crippen LogP contribution is 2.32. The normalized spacial score (nSPS) is 15.9. The molecular weight excluding hydrogens is 334 g/mol. The Hall–Kier alpha value is -2.12. The fourth-order valence-electron chi connectivity index (χ4n) is 3.45. The molecule has 4 heterocycles. The molecule has 0 spiro atoms. The number of quaternary nitrogens is 1. The van der Waals surface area contributed by atoms with Gasteiger partial charge in [0.2, 0.25) is 0 Å². The summed E-state index contributed by atoms with van der Waals surface area (Å²) < 4.78 is 7.37. The van der Waals surface area contributed by atoms with Gasteiger partial charge < -0.3 is 14.3 Å². The molecule has 0 amide bonds. The van der Waals surface area contributed by atoms with Gasteiger partial charge >= 0.3 is 0 Å². The van der Waals surface area contributed by atoms with Crippen LogP contribution in [0.15, 0.2) is 22.0 Å². The molecule has 0 aliphatic carbocycles. The molecule has 25 heavy (non-hydrogen) atoms. The van der Waals surface area contributed by atoms with Crippen molar-refractivity contribution in [3.63, 3.8) is 0 Å². The summed E-state index contributed by atoms with van der Waals surface area (Å²) >= 11 is 1.74. The first-order valence-corrected chi connectivity index (χ1v) is 9.55. The van der Waals surface area contributed by atoms with Gasteiger partial charge in [0.15, 0.2) is 10.9 Å². The van der Waals surface area contributed by atoms with Crippen LogP contribution in [0.25, 0.3) is 17.1 Å². The van der Waals surface area contributed by atoms with E-state index in [2.05, 4.69) is 47.0 Å². The molecule has 0 bridgehead atoms. The number of hydrogen-bond donors (Lipinski definition) is 1. The van der Waals surface area contributed by atoms with Crippen LogP contribution >= 0.6 is 11.3 Å². The molecule has 6 nitrogen and oxygen atoms in total. The summed E-state index contributed by atoms with van der Waals surface area (Å²) in [5.74, 6) is 1.65. The van der Waals surface area contributed by atoms with E-state index in [0.29, 0.717) is 0 Å². The van der Waals surface area contributed by atoms with Gasteiger partial charge in [0.25, 0.3) is 0 Å². The van der Waals surface area contributed by atoms with Crippen LogP contribution in [-0.2, 0) is 0 Å². The Labute approximate surface area is 151 Å². The quantitative estimate of drug-likeness (QED) is 0.776. The lowest BCUT2D eigenvalue weighted by Gasteiger charge is -2.29. The summed E-state index contributed by atoms with van der Waals surface area (Å²) in [4.78, 5) is 8.92. The van der Waals surface area contributed by atoms with E-state index in [-0.39, 0.29) is 0 Å². The third-order valence-electron chi connectivity index (χ3n) is 4.93. The topological polar surface area (TPSA) is 51.5 Å². The second kappa shape index (κ2) is 6.31. The van der Waals surface area contributed by atoms with Gasteiger partial charge in [-0.15, -0.1) is 11.3 Å². The molecule has 7 heteroatoms. The van der Waals surface area contributed by atoms with Crippen molar-refractivity contribution in [1.29, 1.82) is 0 Å². The SMILES string of the molecule is Cc1cc(-n2c(C)cc(-c3csc(N4CC[NH+](C)CC4)n3)c2C)no1. The maximum Gasteiger partial charge on any atom is 0.186 e. The third-order valence-corrected chi connectivity index (χ3v) is 5.83. The van der Waals surface area contributed by atoms with Crippen molar-refractivity contribution in [2.45, 2.75) is 20.8 Å². The third kappa shape index (κ3) is 2.98. The predicted molar refractivity (Wildman–Crippen MR) is 100.0 cm³/mol. The van der Waals surface area contributed by atoms with Gasteiger partial charge in [-0.05, 0) is 26.8 Å². The molecule has 3 aromatic heterocycles. The minimum absolute atomic E-state index is 0.817. The van der Waals surface area contributed by atoms with Crippen LogP contribution < -0.4 is 9.80 Å². The van der Waals surface area contributed by atoms with Crippen molar-refractivity contribution in [1.82, 2.24) is 14.7 Å². The first-order valence-electron chi connectivity index (χ1n) is 8.67. The Morgan fingerprint density at radius 3 is 2.60 bits per heavy atom. The average Bonchev–Trinajstić information content (AvgIpc) is 3.28. The molecule has 132 valence electrons. The molecule has 1 fully saturated rings. The van der Waals surface area contributed by atoms with Gasteiger partial charge in [-0.1, -0.05) is 5.16 Å². The number of aromatic nitrogens is 3. The molecule has 1 aliphatic rings. The second-order valence-corrected chi connectivity index (χ2v) is 7.71. The molecule has 0 saturated carbocycles. The number of nitrogens with zero attached hydrogens (tertiary/aromatic N) is 4. The number of likely N-dealkylation sites (N-methyl/N-ethyl adjacent to an activating group) is 1. The zero-order valence-corrected chi connectivity index (χ0v) is 16.0. The van der Waals surface area contributed by atoms with Crippen LogP contribution in [-0.4, -0.2) is 47.9 Å². The minimum atomic E-state index is 0.817. The number of rotatable bonds is 3. The Kier molecular flexibility index (Phi) is 4.13. The molecule has 1 saturated heterocycles. The number of anilines is 1. The van der Waals surface area contributed by atoms with Crippen molar-refractivity contribution in [3.05, 3.63) is 34.7 Å². The molecular formula is C18H24N5OS+. The molecule has 0 aromatic carbocycles. The summed E-state index contributed by atoms with van der Waals surface area (Å²) in [6, 6.07) is 4.15. The van der Waals surface area contributed by atoms with E-state index in [4.69, 9.17) is 9.51 Å². The van der Waals surface area contributed by atoms with Crippen molar-refractivity contribution < 1.29 is 9.42 Å².